The van der Waals surface area contributed by atoms with Gasteiger partial charge in [-0.25, -0.2) is 13.1 Å². The second-order valence-corrected chi connectivity index (χ2v) is 7.46. The molecule has 0 saturated carbocycles. The normalized spacial score (nSPS) is 14.6. The lowest BCUT2D eigenvalue weighted by Gasteiger charge is -2.26. The first-order valence-corrected chi connectivity index (χ1v) is 7.84. The Bertz CT molecular complexity index is 377. The maximum absolute atomic E-state index is 11.7. The zero-order valence-corrected chi connectivity index (χ0v) is 12.6. The summed E-state index contributed by atoms with van der Waals surface area (Å²) >= 11 is 0. The van der Waals surface area contributed by atoms with Crippen molar-refractivity contribution >= 4 is 15.9 Å². The van der Waals surface area contributed by atoms with Crippen molar-refractivity contribution in [1.82, 2.24) is 10.0 Å². The Labute approximate surface area is 110 Å². The first-order valence-electron chi connectivity index (χ1n) is 5.95. The minimum Gasteiger partial charge on any atom is -0.353 e. The molecule has 0 aromatic carbocycles. The van der Waals surface area contributed by atoms with E-state index in [2.05, 4.69) is 10.0 Å². The van der Waals surface area contributed by atoms with E-state index in [1.54, 1.807) is 13.8 Å². The lowest BCUT2D eigenvalue weighted by atomic mass is 10.0. The van der Waals surface area contributed by atoms with Gasteiger partial charge in [0.1, 0.15) is 0 Å². The van der Waals surface area contributed by atoms with Gasteiger partial charge >= 0.3 is 0 Å². The van der Waals surface area contributed by atoms with Gasteiger partial charge in [0.25, 0.3) is 0 Å². The van der Waals surface area contributed by atoms with Gasteiger partial charge in [-0.15, -0.1) is 0 Å². The van der Waals surface area contributed by atoms with Gasteiger partial charge < -0.3 is 11.1 Å². The molecule has 1 amide bonds. The number of carbonyl (C=O) groups is 1. The molecule has 18 heavy (non-hydrogen) atoms. The molecule has 0 unspecified atom stereocenters. The average molecular weight is 279 g/mol. The average Bonchev–Trinajstić information content (AvgIpc) is 2.09. The Hall–Kier alpha value is -0.660. The second-order valence-electron chi connectivity index (χ2n) is 5.71. The summed E-state index contributed by atoms with van der Waals surface area (Å²) in [6.07, 6.45) is 1.69. The maximum atomic E-state index is 11.7. The topological polar surface area (TPSA) is 101 Å². The molecule has 0 aliphatic carbocycles. The fourth-order valence-electron chi connectivity index (χ4n) is 1.59. The maximum Gasteiger partial charge on any atom is 0.236 e. The minimum atomic E-state index is -3.30. The molecular weight excluding hydrogens is 254 g/mol. The van der Waals surface area contributed by atoms with Crippen LogP contribution in [0, 0.1) is 5.92 Å². The van der Waals surface area contributed by atoms with E-state index >= 15 is 0 Å². The summed E-state index contributed by atoms with van der Waals surface area (Å²) in [6.45, 7) is 7.57. The molecule has 0 fully saturated rings. The Morgan fingerprint density at radius 2 is 1.83 bits per heavy atom. The highest BCUT2D eigenvalue weighted by Crippen LogP contribution is 2.05. The van der Waals surface area contributed by atoms with Crippen LogP contribution in [0.25, 0.3) is 0 Å². The van der Waals surface area contributed by atoms with Crippen molar-refractivity contribution in [3.05, 3.63) is 0 Å². The number of carbonyl (C=O) groups excluding carboxylic acids is 1. The summed E-state index contributed by atoms with van der Waals surface area (Å²) in [5, 5.41) is 2.66. The van der Waals surface area contributed by atoms with Gasteiger partial charge in [0, 0.05) is 12.1 Å². The number of sulfonamides is 1. The highest BCUT2D eigenvalue weighted by molar-refractivity contribution is 7.88. The smallest absolute Gasteiger partial charge is 0.236 e. The van der Waals surface area contributed by atoms with Gasteiger partial charge in [0.05, 0.1) is 12.3 Å². The third-order valence-corrected chi connectivity index (χ3v) is 3.15. The molecule has 0 aromatic rings. The molecule has 0 spiro atoms. The third-order valence-electron chi connectivity index (χ3n) is 2.23. The van der Waals surface area contributed by atoms with Crippen molar-refractivity contribution in [2.45, 2.75) is 45.7 Å². The van der Waals surface area contributed by atoms with Crippen LogP contribution < -0.4 is 15.8 Å². The molecule has 108 valence electrons. The van der Waals surface area contributed by atoms with Crippen LogP contribution in [0.4, 0.5) is 0 Å². The summed E-state index contributed by atoms with van der Waals surface area (Å²) < 4.78 is 24.7. The fourth-order valence-corrected chi connectivity index (χ4v) is 2.67. The standard InChI is InChI=1S/C11H25N3O3S/c1-8(2)6-9(12)10(15)13-7-11(3,4)14-18(5,16)17/h8-9,14H,6-7,12H2,1-5H3,(H,13,15)/t9-/m0/s1. The Morgan fingerprint density at radius 3 is 2.22 bits per heavy atom. The van der Waals surface area contributed by atoms with Crippen LogP contribution in [0.1, 0.15) is 34.1 Å². The number of hydrogen-bond donors (Lipinski definition) is 3. The van der Waals surface area contributed by atoms with Crippen molar-refractivity contribution in [2.75, 3.05) is 12.8 Å². The molecule has 0 radical (unpaired) electrons. The van der Waals surface area contributed by atoms with Gasteiger partial charge in [-0.05, 0) is 26.2 Å². The van der Waals surface area contributed by atoms with E-state index in [-0.39, 0.29) is 12.5 Å². The van der Waals surface area contributed by atoms with Crippen LogP contribution in [0.15, 0.2) is 0 Å². The number of rotatable bonds is 7. The van der Waals surface area contributed by atoms with Gasteiger partial charge in [-0.1, -0.05) is 13.8 Å². The van der Waals surface area contributed by atoms with E-state index in [4.69, 9.17) is 5.73 Å². The van der Waals surface area contributed by atoms with Crippen LogP contribution in [0.2, 0.25) is 0 Å². The Kier molecular flexibility index (Phi) is 6.25. The van der Waals surface area contributed by atoms with Crippen LogP contribution in [0.5, 0.6) is 0 Å². The van der Waals surface area contributed by atoms with E-state index in [1.165, 1.54) is 0 Å². The third kappa shape index (κ3) is 8.43. The van der Waals surface area contributed by atoms with Crippen molar-refractivity contribution in [3.8, 4) is 0 Å². The zero-order chi connectivity index (χ0) is 14.6. The van der Waals surface area contributed by atoms with Crippen LogP contribution in [0.3, 0.4) is 0 Å². The highest BCUT2D eigenvalue weighted by Gasteiger charge is 2.24. The number of nitrogens with one attached hydrogen (secondary N) is 2. The molecular formula is C11H25N3O3S. The summed E-state index contributed by atoms with van der Waals surface area (Å²) in [4.78, 5) is 11.7. The lowest BCUT2D eigenvalue weighted by Crippen LogP contribution is -2.53. The Morgan fingerprint density at radius 1 is 1.33 bits per heavy atom. The molecule has 0 saturated heterocycles. The Balaban J connectivity index is 4.27. The van der Waals surface area contributed by atoms with Crippen LogP contribution in [-0.2, 0) is 14.8 Å². The first kappa shape index (κ1) is 17.3. The summed E-state index contributed by atoms with van der Waals surface area (Å²) in [5.41, 5.74) is 4.99. The second kappa shape index (κ2) is 6.49. The molecule has 0 heterocycles. The predicted molar refractivity (Wildman–Crippen MR) is 72.5 cm³/mol. The number of nitrogens with two attached hydrogens (primary N) is 1. The van der Waals surface area contributed by atoms with E-state index < -0.39 is 21.6 Å². The first-order chi connectivity index (χ1) is 7.93. The molecule has 0 rings (SSSR count). The quantitative estimate of drug-likeness (QED) is 0.601. The summed E-state index contributed by atoms with van der Waals surface area (Å²) in [7, 11) is -3.30. The highest BCUT2D eigenvalue weighted by atomic mass is 32.2. The van der Waals surface area contributed by atoms with Gasteiger partial charge in [0.2, 0.25) is 15.9 Å². The molecule has 0 aliphatic heterocycles. The number of amides is 1. The molecule has 1 atom stereocenters. The predicted octanol–water partition coefficient (Wildman–Crippen LogP) is -0.196. The van der Waals surface area contributed by atoms with Gasteiger partial charge in [0.15, 0.2) is 0 Å². The van der Waals surface area contributed by atoms with E-state index in [9.17, 15) is 13.2 Å². The molecule has 0 aromatic heterocycles. The monoisotopic (exact) mass is 279 g/mol. The largest absolute Gasteiger partial charge is 0.353 e. The SMILES string of the molecule is CC(C)C[C@H](N)C(=O)NCC(C)(C)NS(C)(=O)=O. The van der Waals surface area contributed by atoms with Crippen molar-refractivity contribution < 1.29 is 13.2 Å². The summed E-state index contributed by atoms with van der Waals surface area (Å²) in [5.74, 6) is 0.0833. The molecule has 0 aliphatic rings. The number of hydrogen-bond acceptors (Lipinski definition) is 4. The van der Waals surface area contributed by atoms with E-state index in [0.29, 0.717) is 12.3 Å². The van der Waals surface area contributed by atoms with E-state index in [1.807, 2.05) is 13.8 Å². The molecule has 6 nitrogen and oxygen atoms in total. The molecule has 4 N–H and O–H groups in total. The van der Waals surface area contributed by atoms with Crippen LogP contribution in [-0.4, -0.2) is 38.7 Å². The minimum absolute atomic E-state index is 0.199. The summed E-state index contributed by atoms with van der Waals surface area (Å²) in [6, 6.07) is -0.556. The molecule has 7 heteroatoms. The van der Waals surface area contributed by atoms with Crippen molar-refractivity contribution in [2.24, 2.45) is 11.7 Å². The zero-order valence-electron chi connectivity index (χ0n) is 11.8. The molecule has 0 bridgehead atoms. The van der Waals surface area contributed by atoms with E-state index in [0.717, 1.165) is 6.26 Å². The van der Waals surface area contributed by atoms with Crippen molar-refractivity contribution in [1.29, 1.82) is 0 Å². The van der Waals surface area contributed by atoms with Gasteiger partial charge in [-0.2, -0.15) is 0 Å². The fraction of sp³-hybridized carbons (Fsp3) is 0.909. The lowest BCUT2D eigenvalue weighted by molar-refractivity contribution is -0.122. The van der Waals surface area contributed by atoms with Crippen LogP contribution >= 0.6 is 0 Å². The van der Waals surface area contributed by atoms with Crippen molar-refractivity contribution in [3.63, 3.8) is 0 Å². The van der Waals surface area contributed by atoms with Gasteiger partial charge in [-0.3, -0.25) is 4.79 Å².